The number of hydrogen-bond donors (Lipinski definition) is 1. The van der Waals surface area contributed by atoms with Crippen LogP contribution in [0.5, 0.6) is 5.75 Å². The Hall–Kier alpha value is -6.19. The van der Waals surface area contributed by atoms with E-state index in [1.807, 2.05) is 12.1 Å². The number of esters is 1. The molecule has 3 heteroatoms. The van der Waals surface area contributed by atoms with E-state index in [0.29, 0.717) is 5.75 Å². The maximum atomic E-state index is 12.9. The van der Waals surface area contributed by atoms with Gasteiger partial charge < -0.3 is 9.84 Å². The molecule has 0 bridgehead atoms. The van der Waals surface area contributed by atoms with Crippen LogP contribution in [0.25, 0.3) is 55.7 Å². The number of hydrogen-bond acceptors (Lipinski definition) is 3. The van der Waals surface area contributed by atoms with E-state index >= 15 is 0 Å². The number of allylic oxidation sites excluding steroid dienone is 5. The lowest BCUT2D eigenvalue weighted by molar-refractivity contribution is -0.129. The molecule has 0 fully saturated rings. The van der Waals surface area contributed by atoms with E-state index < -0.39 is 5.97 Å². The molecular formula is C55H48O3. The summed E-state index contributed by atoms with van der Waals surface area (Å²) in [7, 11) is 0. The average molecular weight is 757 g/mol. The molecule has 0 spiro atoms. The van der Waals surface area contributed by atoms with E-state index in [1.54, 1.807) is 0 Å². The molecule has 0 amide bonds. The smallest absolute Gasteiger partial charge is 0.339 e. The molecule has 0 aliphatic heterocycles. The molecule has 0 aromatic heterocycles. The maximum Gasteiger partial charge on any atom is 0.339 e. The van der Waals surface area contributed by atoms with E-state index in [9.17, 15) is 9.90 Å². The van der Waals surface area contributed by atoms with Crippen molar-refractivity contribution in [3.05, 3.63) is 184 Å². The fraction of sp³-hybridized carbons (Fsp3) is 0.218. The van der Waals surface area contributed by atoms with Crippen LogP contribution in [0.1, 0.15) is 100 Å². The summed E-state index contributed by atoms with van der Waals surface area (Å²) >= 11 is 0. The van der Waals surface area contributed by atoms with Crippen molar-refractivity contribution >= 4 is 17.1 Å². The first-order chi connectivity index (χ1) is 27.7. The summed E-state index contributed by atoms with van der Waals surface area (Å²) in [6.07, 6.45) is 5.34. The molecule has 0 radical (unpaired) electrons. The van der Waals surface area contributed by atoms with Crippen LogP contribution >= 0.6 is 0 Å². The highest BCUT2D eigenvalue weighted by Crippen LogP contribution is 2.54. The van der Waals surface area contributed by atoms with E-state index in [1.165, 1.54) is 90.4 Å². The average Bonchev–Trinajstić information content (AvgIpc) is 3.69. The molecule has 58 heavy (non-hydrogen) atoms. The van der Waals surface area contributed by atoms with Crippen molar-refractivity contribution < 1.29 is 14.6 Å². The van der Waals surface area contributed by atoms with Crippen LogP contribution in [-0.2, 0) is 21.0 Å². The molecule has 0 heterocycles. The van der Waals surface area contributed by atoms with Gasteiger partial charge in [0.25, 0.3) is 0 Å². The van der Waals surface area contributed by atoms with Crippen molar-refractivity contribution in [1.29, 1.82) is 0 Å². The van der Waals surface area contributed by atoms with Gasteiger partial charge in [0.05, 0.1) is 11.8 Å². The SMILES string of the molecule is C/C(O)=C/C(=O)Oc1cc(C2=CC3=C(CC2)c2ccccc2C3(C)C)cc(-c2ccc3c(c2)C(C)(C)c2cc(-c4ccc5c(c4)C(C)(C)c4ccccc4-5)ccc2-3)c1. The Balaban J connectivity index is 1.03. The molecule has 0 saturated carbocycles. The second kappa shape index (κ2) is 12.7. The molecule has 0 saturated heterocycles. The maximum absolute atomic E-state index is 12.9. The normalized spacial score (nSPS) is 17.4. The molecule has 4 aliphatic carbocycles. The van der Waals surface area contributed by atoms with Crippen molar-refractivity contribution in [2.45, 2.75) is 77.6 Å². The third kappa shape index (κ3) is 5.43. The predicted molar refractivity (Wildman–Crippen MR) is 238 cm³/mol. The zero-order valence-electron chi connectivity index (χ0n) is 34.4. The third-order valence-electron chi connectivity index (χ3n) is 13.6. The lowest BCUT2D eigenvalue weighted by Gasteiger charge is -2.26. The summed E-state index contributed by atoms with van der Waals surface area (Å²) in [5, 5.41) is 9.83. The molecule has 0 atom stereocenters. The fourth-order valence-corrected chi connectivity index (χ4v) is 10.5. The minimum atomic E-state index is -0.601. The van der Waals surface area contributed by atoms with Gasteiger partial charge >= 0.3 is 5.97 Å². The number of carbonyl (C=O) groups excluding carboxylic acids is 1. The molecule has 6 aromatic carbocycles. The quantitative estimate of drug-likeness (QED) is 0.0825. The summed E-state index contributed by atoms with van der Waals surface area (Å²) in [6, 6.07) is 44.6. The van der Waals surface area contributed by atoms with Crippen LogP contribution in [0.4, 0.5) is 0 Å². The number of rotatable bonds is 5. The number of aliphatic hydroxyl groups excluding tert-OH is 1. The van der Waals surface area contributed by atoms with Crippen LogP contribution in [0, 0.1) is 0 Å². The monoisotopic (exact) mass is 756 g/mol. The van der Waals surface area contributed by atoms with Gasteiger partial charge in [0, 0.05) is 16.2 Å². The summed E-state index contributed by atoms with van der Waals surface area (Å²) in [6.45, 7) is 15.5. The van der Waals surface area contributed by atoms with Gasteiger partial charge in [0.1, 0.15) is 5.75 Å². The fourth-order valence-electron chi connectivity index (χ4n) is 10.5. The van der Waals surface area contributed by atoms with Crippen LogP contribution in [-0.4, -0.2) is 11.1 Å². The minimum absolute atomic E-state index is 0.0543. The van der Waals surface area contributed by atoms with E-state index in [-0.39, 0.29) is 22.0 Å². The molecule has 6 aromatic rings. The van der Waals surface area contributed by atoms with Crippen molar-refractivity contribution in [3.8, 4) is 50.3 Å². The zero-order valence-corrected chi connectivity index (χ0v) is 34.4. The van der Waals surface area contributed by atoms with Gasteiger partial charge in [0.15, 0.2) is 0 Å². The van der Waals surface area contributed by atoms with Crippen molar-refractivity contribution in [3.63, 3.8) is 0 Å². The van der Waals surface area contributed by atoms with Crippen molar-refractivity contribution in [2.75, 3.05) is 0 Å². The molecule has 3 nitrogen and oxygen atoms in total. The Morgan fingerprint density at radius 1 is 0.534 bits per heavy atom. The lowest BCUT2D eigenvalue weighted by Crippen LogP contribution is -2.17. The second-order valence-corrected chi connectivity index (χ2v) is 18.3. The first-order valence-electron chi connectivity index (χ1n) is 20.5. The van der Waals surface area contributed by atoms with Crippen molar-refractivity contribution in [2.24, 2.45) is 0 Å². The number of aliphatic hydroxyl groups is 1. The Bertz CT molecular complexity index is 2870. The number of benzene rings is 6. The topological polar surface area (TPSA) is 46.5 Å². The molecular weight excluding hydrogens is 709 g/mol. The van der Waals surface area contributed by atoms with Crippen LogP contribution in [0.3, 0.4) is 0 Å². The summed E-state index contributed by atoms with van der Waals surface area (Å²) in [5.74, 6) is -0.234. The van der Waals surface area contributed by atoms with Crippen molar-refractivity contribution in [1.82, 2.24) is 0 Å². The van der Waals surface area contributed by atoms with Crippen LogP contribution in [0.2, 0.25) is 0 Å². The van der Waals surface area contributed by atoms with Gasteiger partial charge in [-0.2, -0.15) is 0 Å². The van der Waals surface area contributed by atoms with Gasteiger partial charge in [-0.3, -0.25) is 0 Å². The third-order valence-corrected chi connectivity index (χ3v) is 13.6. The Morgan fingerprint density at radius 2 is 1.02 bits per heavy atom. The standard InChI is InChI=1S/C55H48O3/c1-32(56)24-52(57)58-39-26-37(35-18-22-43-41-13-9-11-15-47(41)54(4,5)49(43)30-35)25-38(27-39)36-19-23-45-44-21-17-34(29-50(44)55(6,7)51(45)31-36)33-16-20-42-40-12-8-10-14-46(40)53(2,3)48(42)28-33/h8-17,19-21,23-31,56H,18,22H2,1-7H3/b32-24-. The van der Waals surface area contributed by atoms with Gasteiger partial charge in [-0.15, -0.1) is 0 Å². The molecule has 10 rings (SSSR count). The first-order valence-corrected chi connectivity index (χ1v) is 20.5. The number of fused-ring (bicyclic) bond motifs is 8. The Morgan fingerprint density at radius 3 is 1.60 bits per heavy atom. The van der Waals surface area contributed by atoms with E-state index in [4.69, 9.17) is 4.74 Å². The van der Waals surface area contributed by atoms with E-state index in [0.717, 1.165) is 35.6 Å². The van der Waals surface area contributed by atoms with Gasteiger partial charge in [-0.1, -0.05) is 133 Å². The first kappa shape index (κ1) is 36.2. The summed E-state index contributed by atoms with van der Waals surface area (Å²) in [5.41, 5.74) is 22.5. The van der Waals surface area contributed by atoms with Gasteiger partial charge in [0.2, 0.25) is 0 Å². The molecule has 0 unspecified atom stereocenters. The highest BCUT2D eigenvalue weighted by atomic mass is 16.5. The highest BCUT2D eigenvalue weighted by Gasteiger charge is 2.39. The molecule has 4 aliphatic rings. The summed E-state index contributed by atoms with van der Waals surface area (Å²) in [4.78, 5) is 12.9. The van der Waals surface area contributed by atoms with Gasteiger partial charge in [-0.05, 0) is 156 Å². The molecule has 286 valence electrons. The summed E-state index contributed by atoms with van der Waals surface area (Å²) < 4.78 is 5.88. The largest absolute Gasteiger partial charge is 0.512 e. The second-order valence-electron chi connectivity index (χ2n) is 18.3. The number of ether oxygens (including phenoxy) is 1. The van der Waals surface area contributed by atoms with Gasteiger partial charge in [-0.25, -0.2) is 4.79 Å². The Kier molecular flexibility index (Phi) is 7.89. The van der Waals surface area contributed by atoms with Crippen LogP contribution in [0.15, 0.2) is 145 Å². The minimum Gasteiger partial charge on any atom is -0.512 e. The zero-order chi connectivity index (χ0) is 40.3. The number of carbonyl (C=O) groups is 1. The van der Waals surface area contributed by atoms with E-state index in [2.05, 4.69) is 157 Å². The highest BCUT2D eigenvalue weighted by molar-refractivity contribution is 5.92. The predicted octanol–water partition coefficient (Wildman–Crippen LogP) is 13.9. The molecule has 1 N–H and O–H groups in total. The lowest BCUT2D eigenvalue weighted by atomic mass is 9.78. The van der Waals surface area contributed by atoms with Crippen LogP contribution < -0.4 is 4.74 Å². The Labute approximate surface area is 342 Å².